The molecule has 0 spiro atoms. The minimum absolute atomic E-state index is 0.201. The Morgan fingerprint density at radius 1 is 1.45 bits per heavy atom. The molecule has 3 rings (SSSR count). The number of hydrogen-bond donors (Lipinski definition) is 0. The van der Waals surface area contributed by atoms with E-state index in [0.717, 1.165) is 42.1 Å². The monoisotopic (exact) mass is 316 g/mol. The van der Waals surface area contributed by atoms with Gasteiger partial charge >= 0.3 is 0 Å². The van der Waals surface area contributed by atoms with E-state index in [1.54, 1.807) is 18.4 Å². The Balaban J connectivity index is 1.62. The maximum atomic E-state index is 12.6. The normalized spacial score (nSPS) is 13.9. The van der Waals surface area contributed by atoms with Crippen molar-refractivity contribution >= 4 is 17.2 Å². The molecule has 0 bridgehead atoms. The maximum absolute atomic E-state index is 12.6. The Morgan fingerprint density at radius 2 is 2.32 bits per heavy atom. The van der Waals surface area contributed by atoms with Crippen LogP contribution >= 0.6 is 11.3 Å². The zero-order valence-electron chi connectivity index (χ0n) is 12.7. The summed E-state index contributed by atoms with van der Waals surface area (Å²) in [5.74, 6) is 0.998. The van der Waals surface area contributed by atoms with Crippen LogP contribution in [0, 0.1) is 0 Å². The molecule has 1 saturated carbocycles. The van der Waals surface area contributed by atoms with Crippen molar-refractivity contribution in [1.82, 2.24) is 9.88 Å². The number of nitrogens with zero attached hydrogens (tertiary/aromatic N) is 2. The number of thiazole rings is 1. The Bertz CT molecular complexity index is 623. The smallest absolute Gasteiger partial charge is 0.227 e. The van der Waals surface area contributed by atoms with Gasteiger partial charge in [-0.1, -0.05) is 12.1 Å². The molecule has 116 valence electrons. The number of benzene rings is 1. The van der Waals surface area contributed by atoms with Gasteiger partial charge in [0.1, 0.15) is 5.75 Å². The molecule has 5 heteroatoms. The van der Waals surface area contributed by atoms with Crippen LogP contribution in [0.4, 0.5) is 0 Å². The van der Waals surface area contributed by atoms with Crippen molar-refractivity contribution in [1.29, 1.82) is 0 Å². The van der Waals surface area contributed by atoms with E-state index < -0.39 is 0 Å². The lowest BCUT2D eigenvalue weighted by Gasteiger charge is -2.22. The molecule has 0 atom stereocenters. The average molecular weight is 316 g/mol. The van der Waals surface area contributed by atoms with Gasteiger partial charge in [0.2, 0.25) is 5.91 Å². The second-order valence-corrected chi connectivity index (χ2v) is 6.50. The summed E-state index contributed by atoms with van der Waals surface area (Å²) in [6.45, 7) is 0.765. The minimum atomic E-state index is 0.201. The first-order valence-corrected chi connectivity index (χ1v) is 8.45. The number of amides is 1. The third kappa shape index (κ3) is 3.85. The fraction of sp³-hybridized carbons (Fsp3) is 0.412. The molecule has 2 aromatic rings. The molecule has 0 N–H and O–H groups in total. The topological polar surface area (TPSA) is 42.4 Å². The highest BCUT2D eigenvalue weighted by atomic mass is 32.1. The van der Waals surface area contributed by atoms with Crippen molar-refractivity contribution in [2.75, 3.05) is 13.7 Å². The van der Waals surface area contributed by atoms with Gasteiger partial charge in [0.05, 0.1) is 18.5 Å². The summed E-state index contributed by atoms with van der Waals surface area (Å²) in [5.41, 5.74) is 1.00. The third-order valence-corrected chi connectivity index (χ3v) is 4.69. The summed E-state index contributed by atoms with van der Waals surface area (Å²) in [6.07, 6.45) is 5.35. The molecular formula is C17H20N2O2S. The molecule has 4 nitrogen and oxygen atoms in total. The van der Waals surface area contributed by atoms with E-state index in [4.69, 9.17) is 4.74 Å². The first-order chi connectivity index (χ1) is 10.8. The molecule has 1 amide bonds. The summed E-state index contributed by atoms with van der Waals surface area (Å²) in [5, 5.41) is 3.08. The Labute approximate surface area is 134 Å². The predicted molar refractivity (Wildman–Crippen MR) is 87.3 cm³/mol. The number of carbonyl (C=O) groups is 1. The molecule has 22 heavy (non-hydrogen) atoms. The summed E-state index contributed by atoms with van der Waals surface area (Å²) in [6, 6.07) is 8.17. The van der Waals surface area contributed by atoms with Gasteiger partial charge in [-0.05, 0) is 30.5 Å². The van der Waals surface area contributed by atoms with Gasteiger partial charge in [-0.15, -0.1) is 11.3 Å². The molecular weight excluding hydrogens is 296 g/mol. The van der Waals surface area contributed by atoms with Crippen molar-refractivity contribution in [2.45, 2.75) is 31.7 Å². The largest absolute Gasteiger partial charge is 0.497 e. The highest BCUT2D eigenvalue weighted by molar-refractivity contribution is 7.09. The van der Waals surface area contributed by atoms with Crippen LogP contribution in [0.25, 0.3) is 0 Å². The number of ether oxygens (including phenoxy) is 1. The molecule has 1 aliphatic rings. The fourth-order valence-corrected chi connectivity index (χ4v) is 3.16. The van der Waals surface area contributed by atoms with Crippen LogP contribution in [0.15, 0.2) is 35.8 Å². The van der Waals surface area contributed by atoms with Crippen LogP contribution in [0.2, 0.25) is 0 Å². The van der Waals surface area contributed by atoms with E-state index in [-0.39, 0.29) is 5.91 Å². The van der Waals surface area contributed by atoms with E-state index in [9.17, 15) is 4.79 Å². The van der Waals surface area contributed by atoms with Gasteiger partial charge < -0.3 is 9.64 Å². The zero-order valence-corrected chi connectivity index (χ0v) is 13.5. The summed E-state index contributed by atoms with van der Waals surface area (Å²) < 4.78 is 5.22. The number of hydrogen-bond acceptors (Lipinski definition) is 4. The lowest BCUT2D eigenvalue weighted by atomic mass is 10.1. The zero-order chi connectivity index (χ0) is 15.4. The van der Waals surface area contributed by atoms with Crippen LogP contribution in [0.1, 0.15) is 23.4 Å². The molecule has 1 aliphatic carbocycles. The van der Waals surface area contributed by atoms with E-state index in [1.807, 2.05) is 40.7 Å². The van der Waals surface area contributed by atoms with Crippen molar-refractivity contribution in [3.8, 4) is 5.75 Å². The Kier molecular flexibility index (Phi) is 4.73. The van der Waals surface area contributed by atoms with Gasteiger partial charge in [0, 0.05) is 30.6 Å². The number of aromatic nitrogens is 1. The van der Waals surface area contributed by atoms with Crippen LogP contribution in [-0.4, -0.2) is 35.5 Å². The number of rotatable bonds is 7. The molecule has 0 unspecified atom stereocenters. The first kappa shape index (κ1) is 15.0. The highest BCUT2D eigenvalue weighted by Crippen LogP contribution is 2.28. The molecule has 0 saturated heterocycles. The van der Waals surface area contributed by atoms with E-state index >= 15 is 0 Å². The Hall–Kier alpha value is -1.88. The van der Waals surface area contributed by atoms with Crippen molar-refractivity contribution < 1.29 is 9.53 Å². The van der Waals surface area contributed by atoms with Crippen LogP contribution in [0.3, 0.4) is 0 Å². The fourth-order valence-electron chi connectivity index (χ4n) is 2.55. The SMILES string of the molecule is COc1cccc(CC(=O)N(CCc2nccs2)C2CC2)c1. The van der Waals surface area contributed by atoms with Crippen LogP contribution in [0.5, 0.6) is 5.75 Å². The van der Waals surface area contributed by atoms with Crippen LogP contribution < -0.4 is 4.74 Å². The number of methoxy groups -OCH3 is 1. The Morgan fingerprint density at radius 3 is 3.00 bits per heavy atom. The van der Waals surface area contributed by atoms with Crippen LogP contribution in [-0.2, 0) is 17.6 Å². The molecule has 1 heterocycles. The van der Waals surface area contributed by atoms with E-state index in [1.165, 1.54) is 0 Å². The molecule has 1 aromatic carbocycles. The predicted octanol–water partition coefficient (Wildman–Crippen LogP) is 2.93. The molecule has 0 radical (unpaired) electrons. The second kappa shape index (κ2) is 6.92. The van der Waals surface area contributed by atoms with Gasteiger partial charge in [0.25, 0.3) is 0 Å². The van der Waals surface area contributed by atoms with Crippen molar-refractivity contribution in [2.24, 2.45) is 0 Å². The van der Waals surface area contributed by atoms with E-state index in [0.29, 0.717) is 12.5 Å². The quantitative estimate of drug-likeness (QED) is 0.789. The molecule has 0 aliphatic heterocycles. The average Bonchev–Trinajstić information content (AvgIpc) is 3.23. The molecule has 1 fully saturated rings. The van der Waals surface area contributed by atoms with Gasteiger partial charge in [-0.2, -0.15) is 0 Å². The summed E-state index contributed by atoms with van der Waals surface area (Å²) >= 11 is 1.65. The van der Waals surface area contributed by atoms with Crippen molar-refractivity contribution in [3.63, 3.8) is 0 Å². The first-order valence-electron chi connectivity index (χ1n) is 7.57. The van der Waals surface area contributed by atoms with Gasteiger partial charge in [-0.25, -0.2) is 4.98 Å². The summed E-state index contributed by atoms with van der Waals surface area (Å²) in [4.78, 5) is 18.9. The van der Waals surface area contributed by atoms with E-state index in [2.05, 4.69) is 4.98 Å². The van der Waals surface area contributed by atoms with Crippen molar-refractivity contribution in [3.05, 3.63) is 46.4 Å². The number of carbonyl (C=O) groups excluding carboxylic acids is 1. The third-order valence-electron chi connectivity index (χ3n) is 3.85. The lowest BCUT2D eigenvalue weighted by Crippen LogP contribution is -2.36. The molecule has 1 aromatic heterocycles. The highest BCUT2D eigenvalue weighted by Gasteiger charge is 2.32. The summed E-state index contributed by atoms with van der Waals surface area (Å²) in [7, 11) is 1.64. The lowest BCUT2D eigenvalue weighted by molar-refractivity contribution is -0.131. The second-order valence-electron chi connectivity index (χ2n) is 5.52. The maximum Gasteiger partial charge on any atom is 0.227 e. The minimum Gasteiger partial charge on any atom is -0.497 e. The van der Waals surface area contributed by atoms with Gasteiger partial charge in [0.15, 0.2) is 0 Å². The van der Waals surface area contributed by atoms with Gasteiger partial charge in [-0.3, -0.25) is 4.79 Å². The standard InChI is InChI=1S/C17H20N2O2S/c1-21-15-4-2-3-13(11-15)12-17(20)19(14-5-6-14)9-7-16-18-8-10-22-16/h2-4,8,10-11,14H,5-7,9,12H2,1H3.